The topological polar surface area (TPSA) is 49.3 Å². The van der Waals surface area contributed by atoms with Crippen molar-refractivity contribution in [1.82, 2.24) is 5.32 Å². The molecule has 0 saturated heterocycles. The van der Waals surface area contributed by atoms with Gasteiger partial charge in [-0.15, -0.1) is 0 Å². The summed E-state index contributed by atoms with van der Waals surface area (Å²) in [5, 5.41) is 10.8. The van der Waals surface area contributed by atoms with E-state index in [-0.39, 0.29) is 0 Å². The van der Waals surface area contributed by atoms with Crippen LogP contribution in [0, 0.1) is 5.92 Å². The van der Waals surface area contributed by atoms with E-state index in [4.69, 9.17) is 5.11 Å². The van der Waals surface area contributed by atoms with Gasteiger partial charge in [0.1, 0.15) is 0 Å². The molecule has 1 amide bonds. The third kappa shape index (κ3) is 19.3. The summed E-state index contributed by atoms with van der Waals surface area (Å²) >= 11 is 0. The van der Waals surface area contributed by atoms with Gasteiger partial charge in [-0.1, -0.05) is 97.3 Å². The molecule has 0 aliphatic rings. The van der Waals surface area contributed by atoms with E-state index in [0.717, 1.165) is 18.8 Å². The van der Waals surface area contributed by atoms with E-state index >= 15 is 0 Å². The quantitative estimate of drug-likeness (QED) is 0.325. The monoisotopic (exact) mass is 313 g/mol. The zero-order valence-electron chi connectivity index (χ0n) is 15.0. The molecule has 0 rings (SSSR count). The summed E-state index contributed by atoms with van der Waals surface area (Å²) in [4.78, 5) is 10.2. The third-order valence-electron chi connectivity index (χ3n) is 4.23. The first-order valence-electron chi connectivity index (χ1n) is 9.59. The fourth-order valence-electron chi connectivity index (χ4n) is 2.82. The maximum absolute atomic E-state index is 10.2. The summed E-state index contributed by atoms with van der Waals surface area (Å²) in [5.41, 5.74) is 0. The SMILES string of the molecule is CC(C)CCCCCCCCCCCCCCCNC(=O)O. The van der Waals surface area contributed by atoms with E-state index in [0.29, 0.717) is 6.54 Å². The second kappa shape index (κ2) is 16.6. The summed E-state index contributed by atoms with van der Waals surface area (Å²) in [6.07, 6.45) is 17.8. The predicted octanol–water partition coefficient (Wildman–Crippen LogP) is 6.37. The Morgan fingerprint density at radius 2 is 1.09 bits per heavy atom. The highest BCUT2D eigenvalue weighted by molar-refractivity contribution is 5.64. The van der Waals surface area contributed by atoms with Gasteiger partial charge >= 0.3 is 6.09 Å². The molecule has 3 heteroatoms. The van der Waals surface area contributed by atoms with Crippen LogP contribution in [0.4, 0.5) is 4.79 Å². The van der Waals surface area contributed by atoms with Crippen molar-refractivity contribution in [3.05, 3.63) is 0 Å². The van der Waals surface area contributed by atoms with Gasteiger partial charge in [-0.05, 0) is 12.3 Å². The number of hydrogen-bond acceptors (Lipinski definition) is 1. The Bertz CT molecular complexity index is 242. The molecule has 0 unspecified atom stereocenters. The first-order chi connectivity index (χ1) is 10.6. The number of carbonyl (C=O) groups is 1. The molecule has 0 aromatic heterocycles. The minimum atomic E-state index is -0.903. The van der Waals surface area contributed by atoms with Crippen molar-refractivity contribution in [3.8, 4) is 0 Å². The molecule has 3 nitrogen and oxygen atoms in total. The highest BCUT2D eigenvalue weighted by atomic mass is 16.4. The van der Waals surface area contributed by atoms with E-state index < -0.39 is 6.09 Å². The largest absolute Gasteiger partial charge is 0.465 e. The number of amides is 1. The van der Waals surface area contributed by atoms with Crippen LogP contribution in [0.25, 0.3) is 0 Å². The van der Waals surface area contributed by atoms with Gasteiger partial charge in [-0.3, -0.25) is 0 Å². The van der Waals surface area contributed by atoms with Crippen molar-refractivity contribution >= 4 is 6.09 Å². The first-order valence-corrected chi connectivity index (χ1v) is 9.59. The fourth-order valence-corrected chi connectivity index (χ4v) is 2.82. The van der Waals surface area contributed by atoms with Gasteiger partial charge in [0.05, 0.1) is 0 Å². The van der Waals surface area contributed by atoms with E-state index in [1.165, 1.54) is 77.0 Å². The summed E-state index contributed by atoms with van der Waals surface area (Å²) in [6, 6.07) is 0. The fraction of sp³-hybridized carbons (Fsp3) is 0.947. The van der Waals surface area contributed by atoms with E-state index in [1.807, 2.05) is 0 Å². The third-order valence-corrected chi connectivity index (χ3v) is 4.23. The molecule has 0 aliphatic carbocycles. The normalized spacial score (nSPS) is 11.0. The van der Waals surface area contributed by atoms with Gasteiger partial charge in [0, 0.05) is 6.54 Å². The molecule has 22 heavy (non-hydrogen) atoms. The molecule has 0 spiro atoms. The van der Waals surface area contributed by atoms with Crippen LogP contribution in [-0.4, -0.2) is 17.7 Å². The molecule has 0 bridgehead atoms. The Kier molecular flexibility index (Phi) is 16.1. The molecule has 0 aromatic carbocycles. The molecular weight excluding hydrogens is 274 g/mol. The lowest BCUT2D eigenvalue weighted by Gasteiger charge is -2.05. The van der Waals surface area contributed by atoms with Gasteiger partial charge in [0.25, 0.3) is 0 Å². The lowest BCUT2D eigenvalue weighted by molar-refractivity contribution is 0.194. The lowest BCUT2D eigenvalue weighted by Crippen LogP contribution is -2.21. The smallest absolute Gasteiger partial charge is 0.404 e. The molecule has 0 aromatic rings. The summed E-state index contributed by atoms with van der Waals surface area (Å²) in [6.45, 7) is 5.23. The van der Waals surface area contributed by atoms with Crippen LogP contribution in [0.2, 0.25) is 0 Å². The van der Waals surface area contributed by atoms with Gasteiger partial charge in [-0.25, -0.2) is 4.79 Å². The molecule has 132 valence electrons. The highest BCUT2D eigenvalue weighted by Crippen LogP contribution is 2.14. The van der Waals surface area contributed by atoms with Crippen LogP contribution in [-0.2, 0) is 0 Å². The molecule has 0 radical (unpaired) electrons. The molecule has 0 atom stereocenters. The minimum absolute atomic E-state index is 0.604. The van der Waals surface area contributed by atoms with E-state index in [2.05, 4.69) is 19.2 Å². The second-order valence-corrected chi connectivity index (χ2v) is 7.01. The number of hydrogen-bond donors (Lipinski definition) is 2. The predicted molar refractivity (Wildman–Crippen MR) is 95.5 cm³/mol. The van der Waals surface area contributed by atoms with Crippen molar-refractivity contribution in [3.63, 3.8) is 0 Å². The first kappa shape index (κ1) is 21.3. The Hall–Kier alpha value is -0.730. The second-order valence-electron chi connectivity index (χ2n) is 7.01. The number of unbranched alkanes of at least 4 members (excludes halogenated alkanes) is 12. The Morgan fingerprint density at radius 3 is 1.45 bits per heavy atom. The maximum Gasteiger partial charge on any atom is 0.404 e. The van der Waals surface area contributed by atoms with Crippen molar-refractivity contribution in [2.24, 2.45) is 5.92 Å². The minimum Gasteiger partial charge on any atom is -0.465 e. The van der Waals surface area contributed by atoms with Crippen molar-refractivity contribution in [1.29, 1.82) is 0 Å². The van der Waals surface area contributed by atoms with E-state index in [9.17, 15) is 4.79 Å². The lowest BCUT2D eigenvalue weighted by atomic mass is 10.0. The summed E-state index contributed by atoms with van der Waals surface area (Å²) in [7, 11) is 0. The Morgan fingerprint density at radius 1 is 0.727 bits per heavy atom. The summed E-state index contributed by atoms with van der Waals surface area (Å²) in [5.74, 6) is 0.869. The Labute approximate surface area is 138 Å². The summed E-state index contributed by atoms with van der Waals surface area (Å²) < 4.78 is 0. The number of rotatable bonds is 16. The number of carboxylic acid groups (broad SMARTS) is 1. The maximum atomic E-state index is 10.2. The van der Waals surface area contributed by atoms with Crippen molar-refractivity contribution in [2.45, 2.75) is 104 Å². The van der Waals surface area contributed by atoms with Crippen LogP contribution in [0.15, 0.2) is 0 Å². The van der Waals surface area contributed by atoms with Crippen LogP contribution in [0.5, 0.6) is 0 Å². The average molecular weight is 314 g/mol. The van der Waals surface area contributed by atoms with Crippen LogP contribution < -0.4 is 5.32 Å². The number of nitrogens with one attached hydrogen (secondary N) is 1. The van der Waals surface area contributed by atoms with Gasteiger partial charge < -0.3 is 10.4 Å². The zero-order valence-corrected chi connectivity index (χ0v) is 15.0. The van der Waals surface area contributed by atoms with E-state index in [1.54, 1.807) is 0 Å². The molecule has 0 heterocycles. The van der Waals surface area contributed by atoms with Crippen LogP contribution in [0.1, 0.15) is 104 Å². The molecular formula is C19H39NO2. The standard InChI is InChI=1S/C19H39NO2/c1-18(2)16-14-12-10-8-6-4-3-5-7-9-11-13-15-17-20-19(21)22/h18,20H,3-17H2,1-2H3,(H,21,22). The van der Waals surface area contributed by atoms with Gasteiger partial charge in [-0.2, -0.15) is 0 Å². The van der Waals surface area contributed by atoms with Crippen molar-refractivity contribution < 1.29 is 9.90 Å². The highest BCUT2D eigenvalue weighted by Gasteiger charge is 1.96. The Balaban J connectivity index is 2.98. The zero-order chi connectivity index (χ0) is 16.5. The molecule has 0 aliphatic heterocycles. The van der Waals surface area contributed by atoms with Gasteiger partial charge in [0.15, 0.2) is 0 Å². The molecule has 2 N–H and O–H groups in total. The molecule has 0 saturated carbocycles. The van der Waals surface area contributed by atoms with Crippen LogP contribution >= 0.6 is 0 Å². The van der Waals surface area contributed by atoms with Gasteiger partial charge in [0.2, 0.25) is 0 Å². The average Bonchev–Trinajstić information content (AvgIpc) is 2.46. The van der Waals surface area contributed by atoms with Crippen LogP contribution in [0.3, 0.4) is 0 Å². The van der Waals surface area contributed by atoms with Crippen molar-refractivity contribution in [2.75, 3.05) is 6.54 Å². The molecule has 0 fully saturated rings.